The van der Waals surface area contributed by atoms with E-state index in [1.165, 1.54) is 6.07 Å². The Hall–Kier alpha value is -2.59. The molecule has 0 aromatic heterocycles. The average Bonchev–Trinajstić information content (AvgIpc) is 3.78. The van der Waals surface area contributed by atoms with Gasteiger partial charge in [-0.3, -0.25) is 4.79 Å². The largest absolute Gasteiger partial charge is 0.491 e. The first-order valence-corrected chi connectivity index (χ1v) is 14.2. The van der Waals surface area contributed by atoms with Gasteiger partial charge in [0, 0.05) is 40.0 Å². The van der Waals surface area contributed by atoms with Gasteiger partial charge in [-0.25, -0.2) is 8.78 Å². The minimum Gasteiger partial charge on any atom is -0.491 e. The third-order valence-electron chi connectivity index (χ3n) is 7.75. The Kier molecular flexibility index (Phi) is 10.9. The fourth-order valence-corrected chi connectivity index (χ4v) is 5.25. The zero-order chi connectivity index (χ0) is 28.5. The molecule has 2 fully saturated rings. The highest BCUT2D eigenvalue weighted by molar-refractivity contribution is 5.81. The van der Waals surface area contributed by atoms with E-state index >= 15 is 0 Å². The molecule has 2 aromatic carbocycles. The van der Waals surface area contributed by atoms with E-state index in [0.717, 1.165) is 54.7 Å². The Morgan fingerprint density at radius 2 is 1.77 bits per heavy atom. The van der Waals surface area contributed by atoms with Crippen LogP contribution in [0.2, 0.25) is 0 Å². The summed E-state index contributed by atoms with van der Waals surface area (Å²) in [5.74, 6) is -1.38. The number of methoxy groups -OCH3 is 2. The number of nitrogens with zero attached hydrogens (tertiary/aromatic N) is 1. The van der Waals surface area contributed by atoms with Crippen LogP contribution in [0.1, 0.15) is 49.3 Å². The van der Waals surface area contributed by atoms with Gasteiger partial charge < -0.3 is 29.2 Å². The van der Waals surface area contributed by atoms with E-state index in [-0.39, 0.29) is 18.6 Å². The van der Waals surface area contributed by atoms with Crippen LogP contribution in [-0.2, 0) is 38.6 Å². The van der Waals surface area contributed by atoms with Crippen LogP contribution in [0, 0.1) is 17.6 Å². The number of carbonyl (C=O) groups excluding carboxylic acids is 1. The quantitative estimate of drug-likeness (QED) is 0.320. The topological polar surface area (TPSA) is 69.3 Å². The molecule has 1 N–H and O–H groups in total. The van der Waals surface area contributed by atoms with Crippen LogP contribution < -0.4 is 10.1 Å². The van der Waals surface area contributed by atoms with Crippen LogP contribution in [0.5, 0.6) is 5.75 Å². The number of halogens is 2. The van der Waals surface area contributed by atoms with E-state index in [9.17, 15) is 13.6 Å². The molecule has 0 spiro atoms. The van der Waals surface area contributed by atoms with Crippen molar-refractivity contribution in [3.63, 3.8) is 0 Å². The molecule has 7 nitrogen and oxygen atoms in total. The summed E-state index contributed by atoms with van der Waals surface area (Å²) >= 11 is 0. The van der Waals surface area contributed by atoms with Crippen molar-refractivity contribution in [3.05, 3.63) is 64.7 Å². The lowest BCUT2D eigenvalue weighted by molar-refractivity contribution is -0.156. The van der Waals surface area contributed by atoms with E-state index in [1.807, 2.05) is 24.0 Å². The molecule has 1 aliphatic heterocycles. The molecule has 2 atom stereocenters. The van der Waals surface area contributed by atoms with Crippen LogP contribution >= 0.6 is 0 Å². The second-order valence-corrected chi connectivity index (χ2v) is 11.0. The highest BCUT2D eigenvalue weighted by atomic mass is 19.2. The van der Waals surface area contributed by atoms with Gasteiger partial charge >= 0.3 is 0 Å². The van der Waals surface area contributed by atoms with Crippen LogP contribution in [0.25, 0.3) is 0 Å². The van der Waals surface area contributed by atoms with Gasteiger partial charge in [0.05, 0.1) is 24.7 Å². The first kappa shape index (κ1) is 30.4. The van der Waals surface area contributed by atoms with Gasteiger partial charge in [0.25, 0.3) is 0 Å². The molecular formula is C31H42F2N2O5. The molecule has 1 saturated carbocycles. The summed E-state index contributed by atoms with van der Waals surface area (Å²) in [6.07, 6.45) is 4.33. The molecule has 2 aromatic rings. The van der Waals surface area contributed by atoms with Gasteiger partial charge in [0.15, 0.2) is 11.6 Å². The van der Waals surface area contributed by atoms with Gasteiger partial charge in [-0.15, -0.1) is 0 Å². The number of piperidine rings is 1. The minimum absolute atomic E-state index is 0.0501. The smallest absolute Gasteiger partial charge is 0.230 e. The summed E-state index contributed by atoms with van der Waals surface area (Å²) in [6.45, 7) is 5.38. The summed E-state index contributed by atoms with van der Waals surface area (Å²) in [5, 5.41) is 3.36. The Bertz CT molecular complexity index is 1100. The summed E-state index contributed by atoms with van der Waals surface area (Å²) in [5.41, 5.74) is 1.96. The van der Waals surface area contributed by atoms with Crippen LogP contribution in [0.3, 0.4) is 0 Å². The third kappa shape index (κ3) is 8.22. The van der Waals surface area contributed by atoms with Crippen molar-refractivity contribution < 1.29 is 32.5 Å². The summed E-state index contributed by atoms with van der Waals surface area (Å²) in [7, 11) is 3.34. The van der Waals surface area contributed by atoms with Crippen molar-refractivity contribution in [2.45, 2.75) is 63.8 Å². The van der Waals surface area contributed by atoms with Gasteiger partial charge in [0.2, 0.25) is 5.91 Å². The van der Waals surface area contributed by atoms with E-state index < -0.39 is 23.2 Å². The zero-order valence-corrected chi connectivity index (χ0v) is 23.8. The highest BCUT2D eigenvalue weighted by Gasteiger charge is 2.46. The zero-order valence-electron chi connectivity index (χ0n) is 23.8. The number of hydrogen-bond donors (Lipinski definition) is 1. The highest BCUT2D eigenvalue weighted by Crippen LogP contribution is 2.36. The summed E-state index contributed by atoms with van der Waals surface area (Å²) < 4.78 is 49.8. The van der Waals surface area contributed by atoms with E-state index in [1.54, 1.807) is 14.2 Å². The fourth-order valence-electron chi connectivity index (χ4n) is 5.25. The predicted octanol–water partition coefficient (Wildman–Crippen LogP) is 4.65. The van der Waals surface area contributed by atoms with Crippen LogP contribution in [-0.4, -0.2) is 69.6 Å². The number of nitrogens with one attached hydrogen (secondary N) is 1. The summed E-state index contributed by atoms with van der Waals surface area (Å²) in [6, 6.07) is 10.2. The molecule has 4 rings (SSSR count). The molecule has 220 valence electrons. The Morgan fingerprint density at radius 1 is 1.00 bits per heavy atom. The second kappa shape index (κ2) is 14.3. The Balaban J connectivity index is 1.51. The van der Waals surface area contributed by atoms with Crippen molar-refractivity contribution in [2.75, 3.05) is 47.1 Å². The molecule has 1 aliphatic carbocycles. The van der Waals surface area contributed by atoms with Gasteiger partial charge in [-0.05, 0) is 86.5 Å². The second-order valence-electron chi connectivity index (χ2n) is 11.0. The molecule has 1 heterocycles. The minimum atomic E-state index is -0.904. The Labute approximate surface area is 236 Å². The summed E-state index contributed by atoms with van der Waals surface area (Å²) in [4.78, 5) is 16.1. The van der Waals surface area contributed by atoms with E-state index in [2.05, 4.69) is 11.4 Å². The lowest BCUT2D eigenvalue weighted by Gasteiger charge is -2.43. The fraction of sp³-hybridized carbons (Fsp3) is 0.581. The van der Waals surface area contributed by atoms with Crippen molar-refractivity contribution in [1.29, 1.82) is 0 Å². The molecule has 9 heteroatoms. The first-order valence-electron chi connectivity index (χ1n) is 14.2. The molecule has 2 aliphatic rings. The lowest BCUT2D eigenvalue weighted by Crippen LogP contribution is -2.56. The maximum Gasteiger partial charge on any atom is 0.230 e. The Morgan fingerprint density at radius 3 is 2.50 bits per heavy atom. The van der Waals surface area contributed by atoms with Crippen molar-refractivity contribution >= 4 is 5.91 Å². The number of aryl methyl sites for hydroxylation is 1. The van der Waals surface area contributed by atoms with E-state index in [4.69, 9.17) is 18.9 Å². The van der Waals surface area contributed by atoms with Crippen molar-refractivity contribution in [1.82, 2.24) is 10.2 Å². The van der Waals surface area contributed by atoms with E-state index in [0.29, 0.717) is 51.4 Å². The molecule has 0 radical (unpaired) electrons. The molecule has 2 unspecified atom stereocenters. The monoisotopic (exact) mass is 560 g/mol. The molecule has 0 bridgehead atoms. The van der Waals surface area contributed by atoms with Crippen molar-refractivity contribution in [2.24, 2.45) is 5.92 Å². The normalized spacial score (nSPS) is 20.9. The molecule has 1 saturated heterocycles. The van der Waals surface area contributed by atoms with Crippen LogP contribution in [0.4, 0.5) is 8.78 Å². The average molecular weight is 561 g/mol. The van der Waals surface area contributed by atoms with Gasteiger partial charge in [-0.1, -0.05) is 12.1 Å². The molecule has 40 heavy (non-hydrogen) atoms. The predicted molar refractivity (Wildman–Crippen MR) is 148 cm³/mol. The maximum atomic E-state index is 14.1. The number of rotatable bonds is 15. The lowest BCUT2D eigenvalue weighted by atomic mass is 9.81. The SMILES string of the molecule is COCCCc1cc(CN(C(=O)C2CNCCC2(C)OCc2ccc(F)c(F)c2)C2CC2)cc(OCCOC)c1. The number of hydrogen-bond acceptors (Lipinski definition) is 6. The van der Waals surface area contributed by atoms with Crippen LogP contribution in [0.15, 0.2) is 36.4 Å². The number of carbonyl (C=O) groups is 1. The number of amides is 1. The number of benzene rings is 2. The molecule has 1 amide bonds. The maximum absolute atomic E-state index is 14.1. The van der Waals surface area contributed by atoms with Gasteiger partial charge in [-0.2, -0.15) is 0 Å². The standard InChI is InChI=1S/C31H42F2N2O5/c1-31(40-21-23-6-9-28(32)29(33)18-23)10-11-34-19-27(31)30(36)35(25-7-8-25)20-24-15-22(5-4-12-37-2)16-26(17-24)39-14-13-38-3/h6,9,15-18,25,27,34H,4-5,7-8,10-14,19-21H2,1-3H3. The number of ether oxygens (including phenoxy) is 4. The van der Waals surface area contributed by atoms with Crippen molar-refractivity contribution in [3.8, 4) is 5.75 Å². The third-order valence-corrected chi connectivity index (χ3v) is 7.75. The van der Waals surface area contributed by atoms with Gasteiger partial charge in [0.1, 0.15) is 12.4 Å². The first-order chi connectivity index (χ1) is 19.3. The molecular weight excluding hydrogens is 518 g/mol.